The van der Waals surface area contributed by atoms with Gasteiger partial charge in [-0.15, -0.1) is 0 Å². The van der Waals surface area contributed by atoms with Crippen LogP contribution in [-0.2, 0) is 0 Å². The molecule has 1 aromatic rings. The van der Waals surface area contributed by atoms with E-state index in [1.54, 1.807) is 0 Å². The summed E-state index contributed by atoms with van der Waals surface area (Å²) in [5.74, 6) is 0.966. The second-order valence-corrected chi connectivity index (χ2v) is 3.41. The fourth-order valence-corrected chi connectivity index (χ4v) is 1.06. The molecule has 1 nitrogen and oxygen atoms in total. The smallest absolute Gasteiger partial charge is 0.119 e. The van der Waals surface area contributed by atoms with Crippen LogP contribution in [0.25, 0.3) is 0 Å². The third kappa shape index (κ3) is 2.26. The molecule has 0 aliphatic rings. The first-order valence-electron chi connectivity index (χ1n) is 4.33. The Kier molecular flexibility index (Phi) is 2.74. The normalized spacial score (nSPS) is 10.4. The Hall–Kier alpha value is -0.980. The second kappa shape index (κ2) is 3.61. The SMILES string of the molecule is Cc1ccc(OC(C)C)cc1C. The van der Waals surface area contributed by atoms with Crippen molar-refractivity contribution in [3.05, 3.63) is 29.3 Å². The van der Waals surface area contributed by atoms with Crippen molar-refractivity contribution in [2.75, 3.05) is 0 Å². The van der Waals surface area contributed by atoms with Crippen molar-refractivity contribution < 1.29 is 4.74 Å². The zero-order valence-corrected chi connectivity index (χ0v) is 8.22. The maximum atomic E-state index is 5.55. The summed E-state index contributed by atoms with van der Waals surface area (Å²) in [6, 6.07) is 6.19. The lowest BCUT2D eigenvalue weighted by atomic mass is 10.1. The Balaban J connectivity index is 2.82. The minimum absolute atomic E-state index is 0.257. The van der Waals surface area contributed by atoms with Gasteiger partial charge in [0.1, 0.15) is 5.75 Å². The number of benzene rings is 1. The van der Waals surface area contributed by atoms with Crippen molar-refractivity contribution in [1.82, 2.24) is 0 Å². The highest BCUT2D eigenvalue weighted by molar-refractivity contribution is 5.33. The van der Waals surface area contributed by atoms with Gasteiger partial charge >= 0.3 is 0 Å². The molecule has 0 unspecified atom stereocenters. The zero-order chi connectivity index (χ0) is 9.14. The summed E-state index contributed by atoms with van der Waals surface area (Å²) in [4.78, 5) is 0. The first kappa shape index (κ1) is 9.11. The monoisotopic (exact) mass is 164 g/mol. The highest BCUT2D eigenvalue weighted by atomic mass is 16.5. The third-order valence-corrected chi connectivity index (χ3v) is 1.85. The van der Waals surface area contributed by atoms with Crippen LogP contribution in [0.3, 0.4) is 0 Å². The van der Waals surface area contributed by atoms with Crippen LogP contribution in [0.2, 0.25) is 0 Å². The molecule has 0 aliphatic heterocycles. The first-order valence-corrected chi connectivity index (χ1v) is 4.33. The number of ether oxygens (including phenoxy) is 1. The van der Waals surface area contributed by atoms with E-state index in [1.807, 2.05) is 19.9 Å². The van der Waals surface area contributed by atoms with E-state index < -0.39 is 0 Å². The number of rotatable bonds is 2. The second-order valence-electron chi connectivity index (χ2n) is 3.41. The summed E-state index contributed by atoms with van der Waals surface area (Å²) >= 11 is 0. The molecule has 0 aromatic heterocycles. The Morgan fingerprint density at radius 2 is 1.75 bits per heavy atom. The molecule has 0 fully saturated rings. The van der Waals surface area contributed by atoms with Crippen molar-refractivity contribution in [3.8, 4) is 5.75 Å². The maximum absolute atomic E-state index is 5.55. The minimum Gasteiger partial charge on any atom is -0.491 e. The van der Waals surface area contributed by atoms with E-state index in [0.29, 0.717) is 0 Å². The topological polar surface area (TPSA) is 9.23 Å². The van der Waals surface area contributed by atoms with Gasteiger partial charge in [-0.3, -0.25) is 0 Å². The summed E-state index contributed by atoms with van der Waals surface area (Å²) in [6.07, 6.45) is 0.257. The Morgan fingerprint density at radius 3 is 2.25 bits per heavy atom. The summed E-state index contributed by atoms with van der Waals surface area (Å²) in [6.45, 7) is 8.28. The lowest BCUT2D eigenvalue weighted by Gasteiger charge is -2.10. The molecule has 12 heavy (non-hydrogen) atoms. The van der Waals surface area contributed by atoms with Gasteiger partial charge in [0, 0.05) is 0 Å². The fraction of sp³-hybridized carbons (Fsp3) is 0.455. The number of hydrogen-bond acceptors (Lipinski definition) is 1. The van der Waals surface area contributed by atoms with Crippen LogP contribution in [0, 0.1) is 13.8 Å². The standard InChI is InChI=1S/C11H16O/c1-8(2)12-11-6-5-9(3)10(4)7-11/h5-8H,1-4H3. The van der Waals surface area contributed by atoms with Crippen LogP contribution in [-0.4, -0.2) is 6.10 Å². The Bertz CT molecular complexity index is 264. The Labute approximate surface area is 74.4 Å². The molecule has 0 atom stereocenters. The molecule has 0 radical (unpaired) electrons. The van der Waals surface area contributed by atoms with Gasteiger partial charge in [0.25, 0.3) is 0 Å². The molecule has 0 aliphatic carbocycles. The molecule has 1 aromatic carbocycles. The van der Waals surface area contributed by atoms with Gasteiger partial charge in [-0.05, 0) is 51.0 Å². The number of hydrogen-bond donors (Lipinski definition) is 0. The minimum atomic E-state index is 0.257. The van der Waals surface area contributed by atoms with E-state index in [2.05, 4.69) is 26.0 Å². The molecule has 66 valence electrons. The lowest BCUT2D eigenvalue weighted by Crippen LogP contribution is -2.05. The molecule has 0 heterocycles. The molecule has 0 bridgehead atoms. The van der Waals surface area contributed by atoms with Crippen molar-refractivity contribution in [1.29, 1.82) is 0 Å². The predicted molar refractivity (Wildman–Crippen MR) is 51.7 cm³/mol. The Morgan fingerprint density at radius 1 is 1.08 bits per heavy atom. The average molecular weight is 164 g/mol. The van der Waals surface area contributed by atoms with Crippen LogP contribution in [0.15, 0.2) is 18.2 Å². The predicted octanol–water partition coefficient (Wildman–Crippen LogP) is 3.09. The van der Waals surface area contributed by atoms with Crippen molar-refractivity contribution in [2.45, 2.75) is 33.8 Å². The molecule has 1 rings (SSSR count). The van der Waals surface area contributed by atoms with Crippen molar-refractivity contribution in [2.24, 2.45) is 0 Å². The van der Waals surface area contributed by atoms with E-state index in [9.17, 15) is 0 Å². The van der Waals surface area contributed by atoms with E-state index in [4.69, 9.17) is 4.74 Å². The van der Waals surface area contributed by atoms with Crippen LogP contribution in [0.5, 0.6) is 5.75 Å². The maximum Gasteiger partial charge on any atom is 0.119 e. The van der Waals surface area contributed by atoms with Gasteiger partial charge in [-0.1, -0.05) is 6.07 Å². The largest absolute Gasteiger partial charge is 0.491 e. The molecular weight excluding hydrogens is 148 g/mol. The van der Waals surface area contributed by atoms with Crippen LogP contribution < -0.4 is 4.74 Å². The molecule has 0 spiro atoms. The summed E-state index contributed by atoms with van der Waals surface area (Å²) in [5, 5.41) is 0. The highest BCUT2D eigenvalue weighted by Gasteiger charge is 1.98. The van der Waals surface area contributed by atoms with Gasteiger partial charge in [-0.25, -0.2) is 0 Å². The first-order chi connectivity index (χ1) is 5.59. The summed E-state index contributed by atoms with van der Waals surface area (Å²) in [7, 11) is 0. The highest BCUT2D eigenvalue weighted by Crippen LogP contribution is 2.17. The van der Waals surface area contributed by atoms with Gasteiger partial charge in [0.05, 0.1) is 6.10 Å². The molecular formula is C11H16O. The molecule has 0 saturated carbocycles. The van der Waals surface area contributed by atoms with Crippen molar-refractivity contribution >= 4 is 0 Å². The van der Waals surface area contributed by atoms with Crippen molar-refractivity contribution in [3.63, 3.8) is 0 Å². The summed E-state index contributed by atoms with van der Waals surface area (Å²) in [5.41, 5.74) is 2.60. The van der Waals surface area contributed by atoms with Crippen LogP contribution in [0.4, 0.5) is 0 Å². The van der Waals surface area contributed by atoms with E-state index >= 15 is 0 Å². The van der Waals surface area contributed by atoms with E-state index in [-0.39, 0.29) is 6.10 Å². The van der Waals surface area contributed by atoms with Gasteiger partial charge in [-0.2, -0.15) is 0 Å². The molecule has 0 N–H and O–H groups in total. The molecule has 0 saturated heterocycles. The van der Waals surface area contributed by atoms with Crippen LogP contribution >= 0.6 is 0 Å². The van der Waals surface area contributed by atoms with Gasteiger partial charge in [0.2, 0.25) is 0 Å². The van der Waals surface area contributed by atoms with E-state index in [1.165, 1.54) is 11.1 Å². The molecule has 1 heteroatoms. The molecule has 0 amide bonds. The summed E-state index contributed by atoms with van der Waals surface area (Å²) < 4.78 is 5.55. The number of aryl methyl sites for hydroxylation is 2. The third-order valence-electron chi connectivity index (χ3n) is 1.85. The van der Waals surface area contributed by atoms with E-state index in [0.717, 1.165) is 5.75 Å². The average Bonchev–Trinajstić information content (AvgIpc) is 1.96. The van der Waals surface area contributed by atoms with Gasteiger partial charge in [0.15, 0.2) is 0 Å². The quantitative estimate of drug-likeness (QED) is 0.652. The lowest BCUT2D eigenvalue weighted by molar-refractivity contribution is 0.242. The van der Waals surface area contributed by atoms with Crippen LogP contribution in [0.1, 0.15) is 25.0 Å². The zero-order valence-electron chi connectivity index (χ0n) is 8.22. The fourth-order valence-electron chi connectivity index (χ4n) is 1.06. The van der Waals surface area contributed by atoms with Gasteiger partial charge < -0.3 is 4.74 Å².